The molecule has 0 aliphatic carbocycles. The average Bonchev–Trinajstić information content (AvgIpc) is 3.12. The lowest BCUT2D eigenvalue weighted by molar-refractivity contribution is 0.596. The quantitative estimate of drug-likeness (QED) is 0.440. The second kappa shape index (κ2) is 7.71. The molecule has 1 aromatic heterocycles. The summed E-state index contributed by atoms with van der Waals surface area (Å²) in [5.74, 6) is 0.724. The number of nitrogens with one attached hydrogen (secondary N) is 1. The Morgan fingerprint density at radius 1 is 0.966 bits per heavy atom. The number of fused-ring (bicyclic) bond motifs is 1. The molecule has 8 heteroatoms. The van der Waals surface area contributed by atoms with Crippen LogP contribution in [0.1, 0.15) is 5.56 Å². The summed E-state index contributed by atoms with van der Waals surface area (Å²) in [4.78, 5) is 7.85. The highest BCUT2D eigenvalue weighted by atomic mass is 35.5. The van der Waals surface area contributed by atoms with Crippen LogP contribution in [-0.4, -0.2) is 24.6 Å². The van der Waals surface area contributed by atoms with Crippen molar-refractivity contribution in [3.05, 3.63) is 82.3 Å². The Kier molecular flexibility index (Phi) is 5.25. The van der Waals surface area contributed by atoms with Gasteiger partial charge in [0.2, 0.25) is 10.0 Å². The molecule has 5 nitrogen and oxygen atoms in total. The Bertz CT molecular complexity index is 1250. The van der Waals surface area contributed by atoms with Gasteiger partial charge >= 0.3 is 0 Å². The normalized spacial score (nSPS) is 11.7. The zero-order chi connectivity index (χ0) is 20.6. The van der Waals surface area contributed by atoms with Gasteiger partial charge in [-0.2, -0.15) is 0 Å². The molecular weight excluding hydrogens is 429 g/mol. The predicted octanol–water partition coefficient (Wildman–Crippen LogP) is 5.50. The number of para-hydroxylation sites is 2. The zero-order valence-electron chi connectivity index (χ0n) is 15.4. The molecule has 0 saturated heterocycles. The Labute approximate surface area is 179 Å². The van der Waals surface area contributed by atoms with Gasteiger partial charge in [-0.25, -0.2) is 13.4 Å². The number of halogens is 2. The molecule has 0 aliphatic heterocycles. The lowest BCUT2D eigenvalue weighted by Crippen LogP contribution is -2.29. The Hall–Kier alpha value is -2.54. The third-order valence-electron chi connectivity index (χ3n) is 4.56. The number of hydrogen-bond donors (Lipinski definition) is 1. The number of anilines is 1. The maximum Gasteiger partial charge on any atom is 0.232 e. The van der Waals surface area contributed by atoms with Crippen LogP contribution < -0.4 is 4.31 Å². The molecule has 0 aliphatic rings. The SMILES string of the molecule is CS(=O)(=O)N(Cc1cccc(Cl)c1Cl)c1ccc(-c2nc3ccccc3[nH]2)cc1. The first-order valence-corrected chi connectivity index (χ1v) is 11.4. The number of aromatic amines is 1. The van der Waals surface area contributed by atoms with Crippen LogP contribution in [0.15, 0.2) is 66.7 Å². The van der Waals surface area contributed by atoms with Crippen molar-refractivity contribution in [3.63, 3.8) is 0 Å². The van der Waals surface area contributed by atoms with Crippen LogP contribution in [0.25, 0.3) is 22.4 Å². The number of nitrogens with zero attached hydrogens (tertiary/aromatic N) is 2. The van der Waals surface area contributed by atoms with Crippen molar-refractivity contribution in [1.29, 1.82) is 0 Å². The Morgan fingerprint density at radius 2 is 1.69 bits per heavy atom. The van der Waals surface area contributed by atoms with E-state index in [0.717, 1.165) is 22.4 Å². The highest BCUT2D eigenvalue weighted by Crippen LogP contribution is 2.30. The lowest BCUT2D eigenvalue weighted by atomic mass is 10.2. The summed E-state index contributed by atoms with van der Waals surface area (Å²) in [7, 11) is -3.54. The standard InChI is InChI=1S/C21H17Cl2N3O2S/c1-29(27,28)26(13-15-5-4-6-17(22)20(15)23)16-11-9-14(10-12-16)21-24-18-7-2-3-8-19(18)25-21/h2-12H,13H2,1H3,(H,24,25). The summed E-state index contributed by atoms with van der Waals surface area (Å²) in [5, 5.41) is 0.736. The molecule has 0 spiro atoms. The van der Waals surface area contributed by atoms with E-state index in [0.29, 0.717) is 21.3 Å². The lowest BCUT2D eigenvalue weighted by Gasteiger charge is -2.23. The van der Waals surface area contributed by atoms with E-state index in [1.54, 1.807) is 30.3 Å². The van der Waals surface area contributed by atoms with Gasteiger partial charge in [-0.3, -0.25) is 4.31 Å². The Balaban J connectivity index is 1.68. The summed E-state index contributed by atoms with van der Waals surface area (Å²) in [5.41, 5.74) is 3.84. The maximum absolute atomic E-state index is 12.4. The van der Waals surface area contributed by atoms with Crippen LogP contribution in [-0.2, 0) is 16.6 Å². The summed E-state index contributed by atoms with van der Waals surface area (Å²) < 4.78 is 26.2. The number of benzene rings is 3. The summed E-state index contributed by atoms with van der Waals surface area (Å²) in [6.45, 7) is 0.0855. The van der Waals surface area contributed by atoms with Crippen molar-refractivity contribution in [2.24, 2.45) is 0 Å². The minimum absolute atomic E-state index is 0.0855. The molecule has 0 fully saturated rings. The van der Waals surface area contributed by atoms with Gasteiger partial charge in [0.05, 0.1) is 39.6 Å². The number of rotatable bonds is 5. The van der Waals surface area contributed by atoms with Gasteiger partial charge in [-0.15, -0.1) is 0 Å². The third kappa shape index (κ3) is 4.10. The number of sulfonamides is 1. The third-order valence-corrected chi connectivity index (χ3v) is 6.56. The minimum Gasteiger partial charge on any atom is -0.338 e. The van der Waals surface area contributed by atoms with Crippen LogP contribution in [0.4, 0.5) is 5.69 Å². The highest BCUT2D eigenvalue weighted by Gasteiger charge is 2.20. The number of aromatic nitrogens is 2. The van der Waals surface area contributed by atoms with E-state index in [4.69, 9.17) is 23.2 Å². The van der Waals surface area contributed by atoms with Gasteiger partial charge in [0, 0.05) is 5.56 Å². The van der Waals surface area contributed by atoms with Crippen LogP contribution in [0.2, 0.25) is 10.0 Å². The smallest absolute Gasteiger partial charge is 0.232 e. The van der Waals surface area contributed by atoms with Crippen LogP contribution >= 0.6 is 23.2 Å². The first-order valence-electron chi connectivity index (χ1n) is 8.79. The van der Waals surface area contributed by atoms with Crippen LogP contribution in [0.3, 0.4) is 0 Å². The first-order chi connectivity index (χ1) is 13.8. The van der Waals surface area contributed by atoms with Crippen molar-refractivity contribution in [1.82, 2.24) is 9.97 Å². The number of H-pyrrole nitrogens is 1. The van der Waals surface area contributed by atoms with E-state index < -0.39 is 10.0 Å². The van der Waals surface area contributed by atoms with Crippen molar-refractivity contribution in [2.75, 3.05) is 10.6 Å². The fourth-order valence-electron chi connectivity index (χ4n) is 3.10. The van der Waals surface area contributed by atoms with Gasteiger partial charge in [0.15, 0.2) is 0 Å². The molecule has 0 amide bonds. The molecule has 148 valence electrons. The fraction of sp³-hybridized carbons (Fsp3) is 0.0952. The van der Waals surface area contributed by atoms with E-state index in [-0.39, 0.29) is 6.54 Å². The molecule has 0 bridgehead atoms. The maximum atomic E-state index is 12.4. The molecule has 4 aromatic rings. The van der Waals surface area contributed by atoms with Gasteiger partial charge < -0.3 is 4.98 Å². The molecule has 0 saturated carbocycles. The van der Waals surface area contributed by atoms with Crippen molar-refractivity contribution < 1.29 is 8.42 Å². The molecule has 1 N–H and O–H groups in total. The van der Waals surface area contributed by atoms with Crippen LogP contribution in [0, 0.1) is 0 Å². The molecular formula is C21H17Cl2N3O2S. The molecule has 1 heterocycles. The second-order valence-electron chi connectivity index (χ2n) is 6.63. The van der Waals surface area contributed by atoms with E-state index in [1.807, 2.05) is 36.4 Å². The number of imidazole rings is 1. The molecule has 4 rings (SSSR count). The predicted molar refractivity (Wildman–Crippen MR) is 119 cm³/mol. The molecule has 29 heavy (non-hydrogen) atoms. The van der Waals surface area contributed by atoms with Crippen molar-refractivity contribution >= 4 is 49.9 Å². The van der Waals surface area contributed by atoms with Crippen LogP contribution in [0.5, 0.6) is 0 Å². The summed E-state index contributed by atoms with van der Waals surface area (Å²) in [6.07, 6.45) is 1.17. The van der Waals surface area contributed by atoms with E-state index >= 15 is 0 Å². The van der Waals surface area contributed by atoms with Crippen molar-refractivity contribution in [3.8, 4) is 11.4 Å². The van der Waals surface area contributed by atoms with E-state index in [9.17, 15) is 8.42 Å². The van der Waals surface area contributed by atoms with Gasteiger partial charge in [-0.05, 0) is 48.0 Å². The minimum atomic E-state index is -3.54. The fourth-order valence-corrected chi connectivity index (χ4v) is 4.36. The largest absolute Gasteiger partial charge is 0.338 e. The summed E-state index contributed by atoms with van der Waals surface area (Å²) >= 11 is 12.3. The number of hydrogen-bond acceptors (Lipinski definition) is 3. The van der Waals surface area contributed by atoms with Gasteiger partial charge in [0.1, 0.15) is 5.82 Å². The molecule has 0 atom stereocenters. The summed E-state index contributed by atoms with van der Waals surface area (Å²) in [6, 6.07) is 20.1. The van der Waals surface area contributed by atoms with E-state index in [2.05, 4.69) is 9.97 Å². The first kappa shape index (κ1) is 19.8. The Morgan fingerprint density at radius 3 is 2.38 bits per heavy atom. The molecule has 0 unspecified atom stereocenters. The highest BCUT2D eigenvalue weighted by molar-refractivity contribution is 7.92. The van der Waals surface area contributed by atoms with Gasteiger partial charge in [-0.1, -0.05) is 47.5 Å². The molecule has 0 radical (unpaired) electrons. The monoisotopic (exact) mass is 445 g/mol. The van der Waals surface area contributed by atoms with E-state index in [1.165, 1.54) is 10.6 Å². The molecule has 3 aromatic carbocycles. The zero-order valence-corrected chi connectivity index (χ0v) is 17.8. The topological polar surface area (TPSA) is 66.1 Å². The van der Waals surface area contributed by atoms with Crippen molar-refractivity contribution in [2.45, 2.75) is 6.54 Å². The van der Waals surface area contributed by atoms with Gasteiger partial charge in [0.25, 0.3) is 0 Å². The second-order valence-corrected chi connectivity index (χ2v) is 9.32. The average molecular weight is 446 g/mol.